The van der Waals surface area contributed by atoms with E-state index >= 15 is 0 Å². The van der Waals surface area contributed by atoms with Crippen molar-refractivity contribution >= 4 is 29.0 Å². The average Bonchev–Trinajstić information content (AvgIpc) is 2.77. The van der Waals surface area contributed by atoms with Crippen LogP contribution in [-0.4, -0.2) is 22.5 Å². The van der Waals surface area contributed by atoms with Gasteiger partial charge in [0.15, 0.2) is 5.75 Å². The van der Waals surface area contributed by atoms with Gasteiger partial charge in [0.05, 0.1) is 16.5 Å². The van der Waals surface area contributed by atoms with Crippen molar-refractivity contribution in [1.29, 1.82) is 5.26 Å². The van der Waals surface area contributed by atoms with Crippen molar-refractivity contribution in [2.75, 3.05) is 18.2 Å². The Morgan fingerprint density at radius 1 is 1.06 bits per heavy atom. The molecule has 3 aromatic rings. The summed E-state index contributed by atoms with van der Waals surface area (Å²) in [5.41, 5.74) is 8.29. The molecule has 0 amide bonds. The van der Waals surface area contributed by atoms with Gasteiger partial charge in [0, 0.05) is 17.8 Å². The smallest absolute Gasteiger partial charge is 0.155 e. The van der Waals surface area contributed by atoms with Crippen LogP contribution in [-0.2, 0) is 12.0 Å². The van der Waals surface area contributed by atoms with Crippen molar-refractivity contribution < 1.29 is 9.47 Å². The second-order valence-corrected chi connectivity index (χ2v) is 8.10. The number of benzene rings is 2. The second-order valence-electron chi connectivity index (χ2n) is 7.31. The van der Waals surface area contributed by atoms with E-state index in [0.717, 1.165) is 11.1 Å². The van der Waals surface area contributed by atoms with Gasteiger partial charge in [-0.15, -0.1) is 11.6 Å². The summed E-state index contributed by atoms with van der Waals surface area (Å²) in [6.45, 7) is 4.64. The molecule has 2 N–H and O–H groups in total. The number of anilines is 1. The molecule has 0 saturated carbocycles. The molecule has 0 atom stereocenters. The molecular weight excluding hydrogens is 435 g/mol. The van der Waals surface area contributed by atoms with Gasteiger partial charge >= 0.3 is 0 Å². The first kappa shape index (κ1) is 22.7. The molecular formula is C23H22Cl2N4O2. The Bertz CT molecular complexity index is 1100. The fraction of sp³-hybridized carbons (Fsp3) is 0.261. The molecule has 160 valence electrons. The molecule has 0 bridgehead atoms. The zero-order valence-electron chi connectivity index (χ0n) is 17.2. The highest BCUT2D eigenvalue weighted by molar-refractivity contribution is 6.32. The van der Waals surface area contributed by atoms with Gasteiger partial charge in [-0.05, 0) is 35.4 Å². The maximum absolute atomic E-state index is 9.56. The van der Waals surface area contributed by atoms with Gasteiger partial charge in [-0.1, -0.05) is 37.6 Å². The largest absolute Gasteiger partial charge is 0.489 e. The number of ether oxygens (including phenoxy) is 2. The molecule has 3 rings (SSSR count). The number of nitriles is 1. The van der Waals surface area contributed by atoms with Gasteiger partial charge in [0.2, 0.25) is 0 Å². The minimum Gasteiger partial charge on any atom is -0.489 e. The lowest BCUT2D eigenvalue weighted by molar-refractivity contribution is 0.301. The van der Waals surface area contributed by atoms with Crippen LogP contribution in [0.2, 0.25) is 5.02 Å². The molecule has 0 aliphatic carbocycles. The molecule has 0 fully saturated rings. The maximum atomic E-state index is 9.56. The van der Waals surface area contributed by atoms with E-state index in [2.05, 4.69) is 29.9 Å². The minimum absolute atomic E-state index is 0.229. The fourth-order valence-electron chi connectivity index (χ4n) is 3.10. The van der Waals surface area contributed by atoms with Crippen LogP contribution in [0.5, 0.6) is 11.5 Å². The molecule has 31 heavy (non-hydrogen) atoms. The van der Waals surface area contributed by atoms with E-state index in [0.29, 0.717) is 39.5 Å². The van der Waals surface area contributed by atoms with E-state index in [1.54, 1.807) is 12.3 Å². The van der Waals surface area contributed by atoms with E-state index in [1.807, 2.05) is 30.3 Å². The number of halogens is 2. The Balaban J connectivity index is 1.81. The molecule has 0 radical (unpaired) electrons. The second kappa shape index (κ2) is 9.86. The zero-order valence-corrected chi connectivity index (χ0v) is 18.7. The van der Waals surface area contributed by atoms with Crippen LogP contribution in [0, 0.1) is 11.3 Å². The first-order valence-corrected chi connectivity index (χ1v) is 10.5. The lowest BCUT2D eigenvalue weighted by Gasteiger charge is -2.27. The first-order chi connectivity index (χ1) is 14.9. The van der Waals surface area contributed by atoms with Crippen LogP contribution in [0.25, 0.3) is 0 Å². The Morgan fingerprint density at radius 3 is 2.42 bits per heavy atom. The van der Waals surface area contributed by atoms with E-state index in [1.165, 1.54) is 6.20 Å². The molecule has 6 nitrogen and oxygen atoms in total. The van der Waals surface area contributed by atoms with E-state index in [-0.39, 0.29) is 13.2 Å². The Hall–Kier alpha value is -3.01. The van der Waals surface area contributed by atoms with Crippen LogP contribution in [0.4, 0.5) is 5.82 Å². The molecule has 0 saturated heterocycles. The summed E-state index contributed by atoms with van der Waals surface area (Å²) in [4.78, 5) is 8.17. The van der Waals surface area contributed by atoms with Gasteiger partial charge < -0.3 is 15.2 Å². The normalized spacial score (nSPS) is 11.1. The SMILES string of the molecule is CC(C)(c1ccc(OCc2nccnc2N)cc1)c1cc(Cl)c(OCCCl)c(C#N)c1. The highest BCUT2D eigenvalue weighted by atomic mass is 35.5. The number of nitrogens with two attached hydrogens (primary N) is 1. The molecule has 1 aromatic heterocycles. The summed E-state index contributed by atoms with van der Waals surface area (Å²) >= 11 is 12.1. The van der Waals surface area contributed by atoms with E-state index < -0.39 is 5.41 Å². The van der Waals surface area contributed by atoms with Gasteiger partial charge in [0.1, 0.15) is 36.5 Å². The highest BCUT2D eigenvalue weighted by Gasteiger charge is 2.26. The topological polar surface area (TPSA) is 94.1 Å². The predicted molar refractivity (Wildman–Crippen MR) is 122 cm³/mol. The van der Waals surface area contributed by atoms with Crippen molar-refractivity contribution in [3.63, 3.8) is 0 Å². The van der Waals surface area contributed by atoms with Crippen molar-refractivity contribution in [1.82, 2.24) is 9.97 Å². The maximum Gasteiger partial charge on any atom is 0.155 e. The lowest BCUT2D eigenvalue weighted by Crippen LogP contribution is -2.19. The average molecular weight is 457 g/mol. The van der Waals surface area contributed by atoms with Crippen molar-refractivity contribution in [2.45, 2.75) is 25.9 Å². The molecule has 1 heterocycles. The van der Waals surface area contributed by atoms with Gasteiger partial charge in [-0.2, -0.15) is 5.26 Å². The van der Waals surface area contributed by atoms with E-state index in [4.69, 9.17) is 38.4 Å². The third-order valence-electron chi connectivity index (χ3n) is 4.97. The molecule has 0 spiro atoms. The number of nitrogens with zero attached hydrogens (tertiary/aromatic N) is 3. The molecule has 0 aliphatic rings. The quantitative estimate of drug-likeness (QED) is 0.473. The first-order valence-electron chi connectivity index (χ1n) is 9.58. The minimum atomic E-state index is -0.409. The zero-order chi connectivity index (χ0) is 22.4. The summed E-state index contributed by atoms with van der Waals surface area (Å²) < 4.78 is 11.3. The number of alkyl halides is 1. The predicted octanol–water partition coefficient (Wildman–Crippen LogP) is 5.11. The Morgan fingerprint density at radius 2 is 1.77 bits per heavy atom. The van der Waals surface area contributed by atoms with Gasteiger partial charge in [-0.25, -0.2) is 4.98 Å². The Kier molecular flexibility index (Phi) is 7.21. The summed E-state index contributed by atoms with van der Waals surface area (Å²) in [5, 5.41) is 9.94. The van der Waals surface area contributed by atoms with Crippen LogP contribution < -0.4 is 15.2 Å². The summed E-state index contributed by atoms with van der Waals surface area (Å²) in [6, 6.07) is 13.5. The van der Waals surface area contributed by atoms with E-state index in [9.17, 15) is 5.26 Å². The number of aromatic nitrogens is 2. The molecule has 2 aromatic carbocycles. The van der Waals surface area contributed by atoms with Crippen LogP contribution >= 0.6 is 23.2 Å². The molecule has 8 heteroatoms. The number of rotatable bonds is 8. The number of hydrogen-bond acceptors (Lipinski definition) is 6. The number of hydrogen-bond donors (Lipinski definition) is 1. The lowest BCUT2D eigenvalue weighted by atomic mass is 9.77. The molecule has 0 aliphatic heterocycles. The summed E-state index contributed by atoms with van der Waals surface area (Å²) in [6.07, 6.45) is 3.11. The number of nitrogen functional groups attached to an aromatic ring is 1. The highest BCUT2D eigenvalue weighted by Crippen LogP contribution is 2.38. The van der Waals surface area contributed by atoms with Crippen LogP contribution in [0.3, 0.4) is 0 Å². The summed E-state index contributed by atoms with van der Waals surface area (Å²) in [7, 11) is 0. The monoisotopic (exact) mass is 456 g/mol. The van der Waals surface area contributed by atoms with Crippen molar-refractivity contribution in [3.8, 4) is 17.6 Å². The summed E-state index contributed by atoms with van der Waals surface area (Å²) in [5.74, 6) is 1.71. The van der Waals surface area contributed by atoms with Gasteiger partial charge in [-0.3, -0.25) is 4.98 Å². The van der Waals surface area contributed by atoms with Gasteiger partial charge in [0.25, 0.3) is 0 Å². The van der Waals surface area contributed by atoms with Crippen LogP contribution in [0.1, 0.15) is 36.2 Å². The standard InChI is InChI=1S/C23H22Cl2N4O2/c1-23(2,17-11-15(13-26)21(19(25)12-17)30-10-7-24)16-3-5-18(6-4-16)31-14-20-22(27)29-9-8-28-20/h3-6,8-9,11-12H,7,10,14H2,1-2H3,(H2,27,29). The van der Waals surface area contributed by atoms with Crippen molar-refractivity contribution in [2.24, 2.45) is 0 Å². The van der Waals surface area contributed by atoms with Crippen LogP contribution in [0.15, 0.2) is 48.8 Å². The van der Waals surface area contributed by atoms with Crippen molar-refractivity contribution in [3.05, 3.63) is 76.2 Å². The Labute approximate surface area is 191 Å². The fourth-order valence-corrected chi connectivity index (χ4v) is 3.45. The third-order valence-corrected chi connectivity index (χ3v) is 5.40. The third kappa shape index (κ3) is 5.19. The molecule has 0 unspecified atom stereocenters.